The van der Waals surface area contributed by atoms with Crippen LogP contribution in [0.2, 0.25) is 0 Å². The van der Waals surface area contributed by atoms with Gasteiger partial charge in [-0.05, 0) is 25.5 Å². The number of unbranched alkanes of at least 4 members (excludes halogenated alkanes) is 1. The monoisotopic (exact) mass is 252 g/mol. The van der Waals surface area contributed by atoms with Crippen LogP contribution in [0.1, 0.15) is 26.7 Å². The molecule has 0 heterocycles. The maximum absolute atomic E-state index is 12.2. The van der Waals surface area contributed by atoms with Gasteiger partial charge < -0.3 is 0 Å². The van der Waals surface area contributed by atoms with Crippen molar-refractivity contribution in [1.29, 1.82) is 0 Å². The Balaban J connectivity index is 2.71. The third-order valence-electron chi connectivity index (χ3n) is 2.56. The lowest BCUT2D eigenvalue weighted by Gasteiger charge is -2.26. The summed E-state index contributed by atoms with van der Waals surface area (Å²) < 4.78 is 1.49. The largest absolute Gasteiger partial charge is 0.334 e. The SMILES string of the molecule is CCCCN(S)C(=O)N(CC)c1ccccc1. The molecule has 0 aromatic heterocycles. The van der Waals surface area contributed by atoms with Gasteiger partial charge in [0.25, 0.3) is 0 Å². The molecule has 0 saturated carbocycles. The van der Waals surface area contributed by atoms with E-state index in [9.17, 15) is 4.79 Å². The Morgan fingerprint density at radius 2 is 1.88 bits per heavy atom. The number of benzene rings is 1. The molecule has 0 aliphatic rings. The maximum atomic E-state index is 12.2. The molecule has 0 bridgehead atoms. The Labute approximate surface area is 109 Å². The van der Waals surface area contributed by atoms with Crippen molar-refractivity contribution in [3.8, 4) is 0 Å². The van der Waals surface area contributed by atoms with E-state index in [2.05, 4.69) is 19.7 Å². The zero-order valence-electron chi connectivity index (χ0n) is 10.5. The van der Waals surface area contributed by atoms with E-state index < -0.39 is 0 Å². The first-order chi connectivity index (χ1) is 8.20. The average molecular weight is 252 g/mol. The molecule has 0 unspecified atom stereocenters. The smallest absolute Gasteiger partial charge is 0.294 e. The van der Waals surface area contributed by atoms with E-state index in [4.69, 9.17) is 0 Å². The van der Waals surface area contributed by atoms with Crippen LogP contribution in [0.5, 0.6) is 0 Å². The van der Waals surface area contributed by atoms with Crippen LogP contribution >= 0.6 is 12.8 Å². The minimum absolute atomic E-state index is 0.0597. The first-order valence-corrected chi connectivity index (χ1v) is 6.43. The summed E-state index contributed by atoms with van der Waals surface area (Å²) in [7, 11) is 0. The molecule has 94 valence electrons. The van der Waals surface area contributed by atoms with Crippen molar-refractivity contribution in [2.75, 3.05) is 18.0 Å². The molecule has 0 atom stereocenters. The van der Waals surface area contributed by atoms with Gasteiger partial charge in [0.2, 0.25) is 0 Å². The van der Waals surface area contributed by atoms with Gasteiger partial charge in [0, 0.05) is 18.8 Å². The fourth-order valence-corrected chi connectivity index (χ4v) is 1.83. The molecule has 1 rings (SSSR count). The Morgan fingerprint density at radius 1 is 1.24 bits per heavy atom. The van der Waals surface area contributed by atoms with Crippen LogP contribution in [0, 0.1) is 0 Å². The topological polar surface area (TPSA) is 23.6 Å². The molecule has 3 nitrogen and oxygen atoms in total. The Morgan fingerprint density at radius 3 is 2.41 bits per heavy atom. The summed E-state index contributed by atoms with van der Waals surface area (Å²) in [6, 6.07) is 9.61. The van der Waals surface area contributed by atoms with Crippen LogP contribution in [0.4, 0.5) is 10.5 Å². The summed E-state index contributed by atoms with van der Waals surface area (Å²) in [5.41, 5.74) is 0.913. The highest BCUT2D eigenvalue weighted by Crippen LogP contribution is 2.16. The fraction of sp³-hybridized carbons (Fsp3) is 0.462. The standard InChI is InChI=1S/C13H20N2OS/c1-3-5-11-15(17)13(16)14(4-2)12-9-7-6-8-10-12/h6-10,17H,3-5,11H2,1-2H3. The number of hydrogen-bond donors (Lipinski definition) is 1. The lowest BCUT2D eigenvalue weighted by Crippen LogP contribution is -2.39. The Kier molecular flexibility index (Phi) is 5.91. The van der Waals surface area contributed by atoms with E-state index in [-0.39, 0.29) is 6.03 Å². The fourth-order valence-electron chi connectivity index (χ4n) is 1.58. The van der Waals surface area contributed by atoms with Crippen molar-refractivity contribution in [1.82, 2.24) is 4.31 Å². The van der Waals surface area contributed by atoms with Gasteiger partial charge in [-0.25, -0.2) is 4.79 Å². The van der Waals surface area contributed by atoms with Gasteiger partial charge in [0.05, 0.1) is 0 Å². The first kappa shape index (κ1) is 13.9. The molecule has 1 aromatic carbocycles. The summed E-state index contributed by atoms with van der Waals surface area (Å²) in [6.07, 6.45) is 2.03. The van der Waals surface area contributed by atoms with E-state index in [0.29, 0.717) is 13.1 Å². The molecule has 1 aromatic rings. The summed E-state index contributed by atoms with van der Waals surface area (Å²) in [5, 5.41) is 0. The molecule has 0 spiro atoms. The number of hydrogen-bond acceptors (Lipinski definition) is 2. The predicted octanol–water partition coefficient (Wildman–Crippen LogP) is 3.58. The molecule has 0 aliphatic heterocycles. The number of carbonyl (C=O) groups is 1. The van der Waals surface area contributed by atoms with Crippen molar-refractivity contribution in [3.05, 3.63) is 30.3 Å². The molecule has 17 heavy (non-hydrogen) atoms. The van der Waals surface area contributed by atoms with Gasteiger partial charge in [-0.3, -0.25) is 9.21 Å². The first-order valence-electron chi connectivity index (χ1n) is 6.03. The highest BCUT2D eigenvalue weighted by molar-refractivity contribution is 7.78. The number of carbonyl (C=O) groups excluding carboxylic acids is 1. The average Bonchev–Trinajstić information content (AvgIpc) is 2.38. The lowest BCUT2D eigenvalue weighted by molar-refractivity contribution is 0.232. The quantitative estimate of drug-likeness (QED) is 0.796. The second-order valence-corrected chi connectivity index (χ2v) is 4.32. The van der Waals surface area contributed by atoms with Crippen LogP contribution in [0.25, 0.3) is 0 Å². The maximum Gasteiger partial charge on any atom is 0.334 e. The molecule has 0 radical (unpaired) electrons. The Hall–Kier alpha value is -1.16. The number of nitrogens with zero attached hydrogens (tertiary/aromatic N) is 2. The van der Waals surface area contributed by atoms with Crippen molar-refractivity contribution in [2.24, 2.45) is 0 Å². The normalized spacial score (nSPS) is 10.1. The second kappa shape index (κ2) is 7.22. The van der Waals surface area contributed by atoms with Gasteiger partial charge in [0.15, 0.2) is 0 Å². The van der Waals surface area contributed by atoms with E-state index in [1.807, 2.05) is 37.3 Å². The van der Waals surface area contributed by atoms with Crippen LogP contribution in [-0.4, -0.2) is 23.4 Å². The molecule has 0 fully saturated rings. The molecular weight excluding hydrogens is 232 g/mol. The summed E-state index contributed by atoms with van der Waals surface area (Å²) >= 11 is 4.24. The summed E-state index contributed by atoms with van der Waals surface area (Å²) in [5.74, 6) is 0. The second-order valence-electron chi connectivity index (χ2n) is 3.84. The van der Waals surface area contributed by atoms with Crippen LogP contribution in [0.15, 0.2) is 30.3 Å². The third kappa shape index (κ3) is 3.97. The minimum Gasteiger partial charge on any atom is -0.294 e. The van der Waals surface area contributed by atoms with E-state index in [0.717, 1.165) is 18.5 Å². The van der Waals surface area contributed by atoms with Crippen LogP contribution in [-0.2, 0) is 0 Å². The number of rotatable bonds is 5. The van der Waals surface area contributed by atoms with Gasteiger partial charge in [-0.15, -0.1) is 0 Å². The van der Waals surface area contributed by atoms with E-state index in [1.165, 1.54) is 4.31 Å². The van der Waals surface area contributed by atoms with E-state index >= 15 is 0 Å². The number of urea groups is 1. The minimum atomic E-state index is -0.0597. The van der Waals surface area contributed by atoms with Crippen LogP contribution < -0.4 is 4.90 Å². The van der Waals surface area contributed by atoms with Gasteiger partial charge in [-0.1, -0.05) is 44.4 Å². The Bertz CT molecular complexity index is 343. The van der Waals surface area contributed by atoms with Gasteiger partial charge in [-0.2, -0.15) is 0 Å². The number of para-hydroxylation sites is 1. The zero-order chi connectivity index (χ0) is 12.7. The molecule has 0 aliphatic carbocycles. The zero-order valence-corrected chi connectivity index (χ0v) is 11.4. The highest BCUT2D eigenvalue weighted by Gasteiger charge is 2.17. The molecule has 0 N–H and O–H groups in total. The molecule has 4 heteroatoms. The lowest BCUT2D eigenvalue weighted by atomic mass is 10.3. The molecule has 2 amide bonds. The van der Waals surface area contributed by atoms with Crippen molar-refractivity contribution in [2.45, 2.75) is 26.7 Å². The van der Waals surface area contributed by atoms with Crippen LogP contribution in [0.3, 0.4) is 0 Å². The van der Waals surface area contributed by atoms with Crippen molar-refractivity contribution in [3.63, 3.8) is 0 Å². The van der Waals surface area contributed by atoms with Gasteiger partial charge in [0.1, 0.15) is 0 Å². The number of anilines is 1. The number of amides is 2. The molecule has 0 saturated heterocycles. The number of thiol groups is 1. The van der Waals surface area contributed by atoms with Crippen molar-refractivity contribution >= 4 is 24.5 Å². The highest BCUT2D eigenvalue weighted by atomic mass is 32.1. The summed E-state index contributed by atoms with van der Waals surface area (Å²) in [6.45, 7) is 5.39. The predicted molar refractivity (Wildman–Crippen MR) is 75.5 cm³/mol. The van der Waals surface area contributed by atoms with Crippen molar-refractivity contribution < 1.29 is 4.79 Å². The third-order valence-corrected chi connectivity index (χ3v) is 2.93. The van der Waals surface area contributed by atoms with E-state index in [1.54, 1.807) is 4.90 Å². The summed E-state index contributed by atoms with van der Waals surface area (Å²) in [4.78, 5) is 13.9. The van der Waals surface area contributed by atoms with Gasteiger partial charge >= 0.3 is 6.03 Å². The molecular formula is C13H20N2OS.